The van der Waals surface area contributed by atoms with Crippen molar-refractivity contribution in [3.05, 3.63) is 52.6 Å². The average molecular weight is 593 g/mol. The van der Waals surface area contributed by atoms with Crippen LogP contribution in [0.15, 0.2) is 41.3 Å². The molecular formula is C28H42ClFN8O3. The molecule has 1 aromatic heterocycles. The Morgan fingerprint density at radius 3 is 2.22 bits per heavy atom. The van der Waals surface area contributed by atoms with Gasteiger partial charge in [-0.2, -0.15) is 4.98 Å². The predicted octanol–water partition coefficient (Wildman–Crippen LogP) is 2.11. The minimum absolute atomic E-state index is 0. The summed E-state index contributed by atoms with van der Waals surface area (Å²) in [7, 11) is 0. The SMILES string of the molecule is CC(C)(N)C(=O)N1CCN(C(=O)Nc2ccn(-c3ccc(CN(CCF)C4CCC(N)CC4)cc3)c(=O)n2)CC1.Cl. The normalized spacial score (nSPS) is 19.6. The monoisotopic (exact) mass is 592 g/mol. The van der Waals surface area contributed by atoms with Crippen molar-refractivity contribution in [2.45, 2.75) is 63.7 Å². The lowest BCUT2D eigenvalue weighted by Crippen LogP contribution is -2.58. The predicted molar refractivity (Wildman–Crippen MR) is 159 cm³/mol. The van der Waals surface area contributed by atoms with E-state index in [0.29, 0.717) is 51.0 Å². The van der Waals surface area contributed by atoms with E-state index in [4.69, 9.17) is 11.5 Å². The number of anilines is 1. The molecule has 2 aromatic rings. The first-order chi connectivity index (χ1) is 19.0. The van der Waals surface area contributed by atoms with Crippen LogP contribution in [-0.4, -0.2) is 93.2 Å². The highest BCUT2D eigenvalue weighted by Crippen LogP contribution is 2.24. The van der Waals surface area contributed by atoms with Crippen molar-refractivity contribution in [3.63, 3.8) is 0 Å². The van der Waals surface area contributed by atoms with E-state index in [1.54, 1.807) is 35.9 Å². The van der Waals surface area contributed by atoms with Crippen molar-refractivity contribution in [1.29, 1.82) is 0 Å². The van der Waals surface area contributed by atoms with E-state index in [9.17, 15) is 18.8 Å². The van der Waals surface area contributed by atoms with Crippen LogP contribution in [0.1, 0.15) is 45.1 Å². The fourth-order valence-corrected chi connectivity index (χ4v) is 5.34. The van der Waals surface area contributed by atoms with Gasteiger partial charge < -0.3 is 21.3 Å². The van der Waals surface area contributed by atoms with Gasteiger partial charge in [0.25, 0.3) is 0 Å². The lowest BCUT2D eigenvalue weighted by Gasteiger charge is -2.37. The van der Waals surface area contributed by atoms with Gasteiger partial charge in [0.1, 0.15) is 12.5 Å². The molecule has 1 saturated carbocycles. The lowest BCUT2D eigenvalue weighted by atomic mass is 9.90. The van der Waals surface area contributed by atoms with Crippen LogP contribution < -0.4 is 22.5 Å². The van der Waals surface area contributed by atoms with E-state index in [1.165, 1.54) is 4.57 Å². The molecule has 1 aromatic carbocycles. The van der Waals surface area contributed by atoms with Gasteiger partial charge in [0.2, 0.25) is 5.91 Å². The van der Waals surface area contributed by atoms with Gasteiger partial charge in [-0.15, -0.1) is 12.4 Å². The highest BCUT2D eigenvalue weighted by atomic mass is 35.5. The third-order valence-corrected chi connectivity index (χ3v) is 7.67. The van der Waals surface area contributed by atoms with Crippen LogP contribution in [0.25, 0.3) is 5.69 Å². The molecule has 5 N–H and O–H groups in total. The third kappa shape index (κ3) is 8.48. The Balaban J connectivity index is 0.00000462. The van der Waals surface area contributed by atoms with E-state index in [1.807, 2.05) is 24.3 Å². The van der Waals surface area contributed by atoms with Crippen molar-refractivity contribution in [3.8, 4) is 5.69 Å². The quantitative estimate of drug-likeness (QED) is 0.426. The lowest BCUT2D eigenvalue weighted by molar-refractivity contribution is -0.137. The second-order valence-electron chi connectivity index (χ2n) is 11.3. The largest absolute Gasteiger partial charge is 0.354 e. The molecule has 226 valence electrons. The van der Waals surface area contributed by atoms with Gasteiger partial charge in [-0.1, -0.05) is 12.1 Å². The minimum Gasteiger partial charge on any atom is -0.338 e. The van der Waals surface area contributed by atoms with Gasteiger partial charge in [-0.3, -0.25) is 19.6 Å². The van der Waals surface area contributed by atoms with Crippen LogP contribution in [-0.2, 0) is 11.3 Å². The second-order valence-corrected chi connectivity index (χ2v) is 11.3. The third-order valence-electron chi connectivity index (χ3n) is 7.67. The molecule has 1 aliphatic carbocycles. The number of nitrogens with two attached hydrogens (primary N) is 2. The number of benzene rings is 1. The fraction of sp³-hybridized carbons (Fsp3) is 0.571. The Morgan fingerprint density at radius 2 is 1.66 bits per heavy atom. The highest BCUT2D eigenvalue weighted by Gasteiger charge is 2.31. The summed E-state index contributed by atoms with van der Waals surface area (Å²) in [4.78, 5) is 47.3. The van der Waals surface area contributed by atoms with Crippen molar-refractivity contribution in [2.24, 2.45) is 11.5 Å². The number of hydrogen-bond acceptors (Lipinski definition) is 7. The number of nitrogens with zero attached hydrogens (tertiary/aromatic N) is 5. The highest BCUT2D eigenvalue weighted by molar-refractivity contribution is 5.89. The van der Waals surface area contributed by atoms with Gasteiger partial charge in [0, 0.05) is 57.5 Å². The summed E-state index contributed by atoms with van der Waals surface area (Å²) in [6.45, 7) is 5.43. The molecule has 1 saturated heterocycles. The average Bonchev–Trinajstić information content (AvgIpc) is 2.93. The Kier molecular flexibility index (Phi) is 11.3. The van der Waals surface area contributed by atoms with Crippen molar-refractivity contribution in [1.82, 2.24) is 24.3 Å². The van der Waals surface area contributed by atoms with E-state index in [-0.39, 0.29) is 36.2 Å². The molecule has 41 heavy (non-hydrogen) atoms. The van der Waals surface area contributed by atoms with Gasteiger partial charge in [0.15, 0.2) is 0 Å². The van der Waals surface area contributed by atoms with Gasteiger partial charge in [-0.25, -0.2) is 14.0 Å². The summed E-state index contributed by atoms with van der Waals surface area (Å²) in [5.74, 6) is -0.00379. The molecule has 1 aliphatic heterocycles. The number of carbonyl (C=O) groups excluding carboxylic acids is 2. The summed E-state index contributed by atoms with van der Waals surface area (Å²) < 4.78 is 14.7. The first-order valence-electron chi connectivity index (χ1n) is 13.9. The number of piperazine rings is 1. The molecule has 0 bridgehead atoms. The number of halogens is 2. The summed E-state index contributed by atoms with van der Waals surface area (Å²) in [5, 5.41) is 2.67. The fourth-order valence-electron chi connectivity index (χ4n) is 5.34. The maximum atomic E-state index is 13.2. The second kappa shape index (κ2) is 14.2. The van der Waals surface area contributed by atoms with Crippen molar-refractivity contribution in [2.75, 3.05) is 44.7 Å². The van der Waals surface area contributed by atoms with Crippen LogP contribution in [0.4, 0.5) is 15.0 Å². The smallest absolute Gasteiger partial charge is 0.338 e. The van der Waals surface area contributed by atoms with Gasteiger partial charge in [-0.05, 0) is 63.3 Å². The van der Waals surface area contributed by atoms with Crippen LogP contribution in [0.2, 0.25) is 0 Å². The number of carbonyl (C=O) groups is 2. The Labute approximate surface area is 246 Å². The molecule has 2 fully saturated rings. The number of amides is 3. The summed E-state index contributed by atoms with van der Waals surface area (Å²) in [6, 6.07) is 9.31. The van der Waals surface area contributed by atoms with Crippen LogP contribution >= 0.6 is 12.4 Å². The van der Waals surface area contributed by atoms with E-state index < -0.39 is 17.9 Å². The van der Waals surface area contributed by atoms with Gasteiger partial charge >= 0.3 is 11.7 Å². The zero-order valence-electron chi connectivity index (χ0n) is 23.8. The van der Waals surface area contributed by atoms with E-state index in [2.05, 4.69) is 15.2 Å². The molecular weight excluding hydrogens is 551 g/mol. The zero-order chi connectivity index (χ0) is 28.9. The number of hydrogen-bond donors (Lipinski definition) is 3. The molecule has 11 nitrogen and oxygen atoms in total. The van der Waals surface area contributed by atoms with Crippen molar-refractivity contribution < 1.29 is 14.0 Å². The molecule has 2 heterocycles. The molecule has 0 atom stereocenters. The maximum absolute atomic E-state index is 13.2. The van der Waals surface area contributed by atoms with E-state index >= 15 is 0 Å². The Bertz CT molecular complexity index is 1220. The molecule has 0 unspecified atom stereocenters. The first kappa shape index (κ1) is 32.5. The summed E-state index contributed by atoms with van der Waals surface area (Å²) >= 11 is 0. The molecule has 0 spiro atoms. The first-order valence-corrected chi connectivity index (χ1v) is 13.9. The topological polar surface area (TPSA) is 143 Å². The van der Waals surface area contributed by atoms with Crippen molar-refractivity contribution >= 4 is 30.2 Å². The minimum atomic E-state index is -0.960. The molecule has 4 rings (SSSR count). The number of nitrogens with one attached hydrogen (secondary N) is 1. The molecule has 2 aliphatic rings. The van der Waals surface area contributed by atoms with Crippen LogP contribution in [0, 0.1) is 0 Å². The molecule has 3 amide bonds. The molecule has 13 heteroatoms. The summed E-state index contributed by atoms with van der Waals surface area (Å²) in [5.41, 5.74) is 12.1. The van der Waals surface area contributed by atoms with E-state index in [0.717, 1.165) is 31.2 Å². The summed E-state index contributed by atoms with van der Waals surface area (Å²) in [6.07, 6.45) is 5.45. The molecule has 0 radical (unpaired) electrons. The number of aromatic nitrogens is 2. The number of rotatable bonds is 8. The zero-order valence-corrected chi connectivity index (χ0v) is 24.6. The Hall–Kier alpha value is -3.06. The number of alkyl halides is 1. The Morgan fingerprint density at radius 1 is 1.05 bits per heavy atom. The standard InChI is InChI=1S/C28H41FN8O3.ClH/c1-28(2,31)25(38)34-15-17-35(18-16-34)26(39)32-24-11-13-37(27(40)33-24)23-7-3-20(4-8-23)19-36(14-12-29)22-9-5-21(30)6-10-22;/h3-4,7-8,11,13,21-22H,5-6,9-10,12,14-19,30-31H2,1-2H3,(H,32,33,39,40);1H. The number of urea groups is 1. The maximum Gasteiger partial charge on any atom is 0.354 e. The van der Waals surface area contributed by atoms with Gasteiger partial charge in [0.05, 0.1) is 11.2 Å². The van der Waals surface area contributed by atoms with Crippen LogP contribution in [0.5, 0.6) is 0 Å². The van der Waals surface area contributed by atoms with Crippen LogP contribution in [0.3, 0.4) is 0 Å².